The van der Waals surface area contributed by atoms with E-state index in [1.165, 1.54) is 25.7 Å². The number of carbonyl (C=O) groups is 1. The molecular formula is C16H24ClN3O. The minimum atomic E-state index is -0.0167. The number of amides is 1. The molecule has 0 aromatic heterocycles. The van der Waals surface area contributed by atoms with Crippen LogP contribution in [0, 0.1) is 5.92 Å². The second-order valence-electron chi connectivity index (χ2n) is 6.03. The predicted molar refractivity (Wildman–Crippen MR) is 88.5 cm³/mol. The van der Waals surface area contributed by atoms with Crippen molar-refractivity contribution < 1.29 is 4.79 Å². The number of nitrogens with two attached hydrogens (primary N) is 1. The fourth-order valence-corrected chi connectivity index (χ4v) is 3.23. The number of anilines is 2. The summed E-state index contributed by atoms with van der Waals surface area (Å²) in [6.07, 6.45) is 5.00. The molecule has 0 saturated heterocycles. The van der Waals surface area contributed by atoms with Gasteiger partial charge in [0, 0.05) is 11.7 Å². The molecule has 2 atom stereocenters. The van der Waals surface area contributed by atoms with Crippen molar-refractivity contribution in [3.8, 4) is 0 Å². The van der Waals surface area contributed by atoms with Crippen LogP contribution >= 0.6 is 11.6 Å². The maximum absolute atomic E-state index is 12.1. The molecule has 1 aliphatic carbocycles. The molecule has 4 nitrogen and oxygen atoms in total. The average molecular weight is 310 g/mol. The number of nitrogens with zero attached hydrogens (tertiary/aromatic N) is 1. The quantitative estimate of drug-likeness (QED) is 0.838. The van der Waals surface area contributed by atoms with Gasteiger partial charge in [-0.1, -0.05) is 31.4 Å². The van der Waals surface area contributed by atoms with Gasteiger partial charge < -0.3 is 11.1 Å². The summed E-state index contributed by atoms with van der Waals surface area (Å²) in [4.78, 5) is 14.3. The molecule has 1 saturated carbocycles. The second-order valence-corrected chi connectivity index (χ2v) is 6.44. The number of benzene rings is 1. The number of likely N-dealkylation sites (N-methyl/N-ethyl adjacent to an activating group) is 1. The van der Waals surface area contributed by atoms with Gasteiger partial charge >= 0.3 is 0 Å². The SMILES string of the molecule is CC1CCCCC1N(C)CC(=O)Nc1ccc(Cl)c(N)c1. The summed E-state index contributed by atoms with van der Waals surface area (Å²) in [5.41, 5.74) is 6.90. The highest BCUT2D eigenvalue weighted by atomic mass is 35.5. The van der Waals surface area contributed by atoms with Gasteiger partial charge in [-0.25, -0.2) is 0 Å². The smallest absolute Gasteiger partial charge is 0.238 e. The van der Waals surface area contributed by atoms with Crippen LogP contribution in [-0.2, 0) is 4.79 Å². The highest BCUT2D eigenvalue weighted by molar-refractivity contribution is 6.33. The maximum atomic E-state index is 12.1. The lowest BCUT2D eigenvalue weighted by atomic mass is 9.85. The van der Waals surface area contributed by atoms with Crippen molar-refractivity contribution in [2.45, 2.75) is 38.6 Å². The largest absolute Gasteiger partial charge is 0.397 e. The van der Waals surface area contributed by atoms with Crippen LogP contribution in [0.25, 0.3) is 0 Å². The summed E-state index contributed by atoms with van der Waals surface area (Å²) in [7, 11) is 2.03. The van der Waals surface area contributed by atoms with Crippen molar-refractivity contribution in [3.63, 3.8) is 0 Å². The first kappa shape index (κ1) is 16.1. The predicted octanol–water partition coefficient (Wildman–Crippen LogP) is 3.37. The molecule has 116 valence electrons. The number of nitrogens with one attached hydrogen (secondary N) is 1. The van der Waals surface area contributed by atoms with Crippen LogP contribution in [0.4, 0.5) is 11.4 Å². The number of nitrogen functional groups attached to an aromatic ring is 1. The molecule has 1 amide bonds. The topological polar surface area (TPSA) is 58.4 Å². The Hall–Kier alpha value is -1.26. The molecule has 0 spiro atoms. The molecule has 5 heteroatoms. The van der Waals surface area contributed by atoms with Crippen molar-refractivity contribution in [1.82, 2.24) is 4.90 Å². The van der Waals surface area contributed by atoms with E-state index in [0.29, 0.717) is 34.9 Å². The monoisotopic (exact) mass is 309 g/mol. The van der Waals surface area contributed by atoms with Gasteiger partial charge in [0.05, 0.1) is 17.3 Å². The van der Waals surface area contributed by atoms with E-state index < -0.39 is 0 Å². The molecule has 2 rings (SSSR count). The van der Waals surface area contributed by atoms with E-state index in [1.807, 2.05) is 7.05 Å². The minimum absolute atomic E-state index is 0.0167. The second kappa shape index (κ2) is 7.14. The van der Waals surface area contributed by atoms with Gasteiger partial charge in [-0.15, -0.1) is 0 Å². The molecule has 21 heavy (non-hydrogen) atoms. The van der Waals surface area contributed by atoms with Crippen molar-refractivity contribution in [3.05, 3.63) is 23.2 Å². The lowest BCUT2D eigenvalue weighted by Crippen LogP contribution is -2.42. The highest BCUT2D eigenvalue weighted by Gasteiger charge is 2.25. The van der Waals surface area contributed by atoms with Crippen molar-refractivity contribution in [2.75, 3.05) is 24.6 Å². The first-order valence-corrected chi connectivity index (χ1v) is 7.90. The summed E-state index contributed by atoms with van der Waals surface area (Å²) < 4.78 is 0. The van der Waals surface area contributed by atoms with Gasteiger partial charge in [0.1, 0.15) is 0 Å². The lowest BCUT2D eigenvalue weighted by molar-refractivity contribution is -0.117. The molecule has 1 aromatic carbocycles. The fraction of sp³-hybridized carbons (Fsp3) is 0.562. The summed E-state index contributed by atoms with van der Waals surface area (Å²) in [5, 5.41) is 3.38. The summed E-state index contributed by atoms with van der Waals surface area (Å²) in [6, 6.07) is 5.64. The van der Waals surface area contributed by atoms with Gasteiger partial charge in [0.15, 0.2) is 0 Å². The van der Waals surface area contributed by atoms with Crippen LogP contribution in [0.5, 0.6) is 0 Å². The summed E-state index contributed by atoms with van der Waals surface area (Å²) in [6.45, 7) is 2.68. The van der Waals surface area contributed by atoms with Gasteiger partial charge in [0.25, 0.3) is 0 Å². The molecular weight excluding hydrogens is 286 g/mol. The van der Waals surface area contributed by atoms with Gasteiger partial charge in [-0.3, -0.25) is 9.69 Å². The van der Waals surface area contributed by atoms with Gasteiger partial charge in [-0.2, -0.15) is 0 Å². The van der Waals surface area contributed by atoms with Crippen molar-refractivity contribution in [1.29, 1.82) is 0 Å². The first-order valence-electron chi connectivity index (χ1n) is 7.52. The number of hydrogen-bond acceptors (Lipinski definition) is 3. The van der Waals surface area contributed by atoms with Crippen LogP contribution in [0.3, 0.4) is 0 Å². The number of rotatable bonds is 4. The van der Waals surface area contributed by atoms with E-state index in [0.717, 1.165) is 0 Å². The van der Waals surface area contributed by atoms with Crippen LogP contribution in [0.2, 0.25) is 5.02 Å². The van der Waals surface area contributed by atoms with E-state index in [2.05, 4.69) is 17.1 Å². The van der Waals surface area contributed by atoms with E-state index in [9.17, 15) is 4.79 Å². The van der Waals surface area contributed by atoms with Crippen LogP contribution in [-0.4, -0.2) is 30.4 Å². The molecule has 0 aliphatic heterocycles. The Balaban J connectivity index is 1.90. The standard InChI is InChI=1S/C16H24ClN3O/c1-11-5-3-4-6-15(11)20(2)10-16(21)19-12-7-8-13(17)14(18)9-12/h7-9,11,15H,3-6,10,18H2,1-2H3,(H,19,21). The van der Waals surface area contributed by atoms with Crippen molar-refractivity contribution >= 4 is 28.9 Å². The fourth-order valence-electron chi connectivity index (χ4n) is 3.12. The first-order chi connectivity index (χ1) is 9.97. The van der Waals surface area contributed by atoms with E-state index in [1.54, 1.807) is 18.2 Å². The molecule has 3 N–H and O–H groups in total. The third kappa shape index (κ3) is 4.35. The molecule has 2 unspecified atom stereocenters. The normalized spacial score (nSPS) is 22.3. The summed E-state index contributed by atoms with van der Waals surface area (Å²) >= 11 is 5.87. The molecule has 1 aliphatic rings. The number of carbonyl (C=O) groups excluding carboxylic acids is 1. The highest BCUT2D eigenvalue weighted by Crippen LogP contribution is 2.27. The Kier molecular flexibility index (Phi) is 5.48. The number of hydrogen-bond donors (Lipinski definition) is 2. The zero-order chi connectivity index (χ0) is 15.4. The van der Waals surface area contributed by atoms with E-state index in [-0.39, 0.29) is 5.91 Å². The Morgan fingerprint density at radius 1 is 1.43 bits per heavy atom. The van der Waals surface area contributed by atoms with Crippen molar-refractivity contribution in [2.24, 2.45) is 5.92 Å². The van der Waals surface area contributed by atoms with Crippen LogP contribution in [0.15, 0.2) is 18.2 Å². The molecule has 0 radical (unpaired) electrons. The van der Waals surface area contributed by atoms with Gasteiger partial charge in [0.2, 0.25) is 5.91 Å². The zero-order valence-corrected chi connectivity index (χ0v) is 13.5. The molecule has 1 fully saturated rings. The van der Waals surface area contributed by atoms with Crippen LogP contribution in [0.1, 0.15) is 32.6 Å². The van der Waals surface area contributed by atoms with E-state index in [4.69, 9.17) is 17.3 Å². The Morgan fingerprint density at radius 3 is 2.81 bits per heavy atom. The maximum Gasteiger partial charge on any atom is 0.238 e. The summed E-state index contributed by atoms with van der Waals surface area (Å²) in [5.74, 6) is 0.639. The molecule has 0 bridgehead atoms. The zero-order valence-electron chi connectivity index (χ0n) is 12.7. The van der Waals surface area contributed by atoms with Gasteiger partial charge in [-0.05, 0) is 44.0 Å². The molecule has 0 heterocycles. The van der Waals surface area contributed by atoms with E-state index >= 15 is 0 Å². The average Bonchev–Trinajstić information content (AvgIpc) is 2.43. The molecule has 1 aromatic rings. The third-order valence-corrected chi connectivity index (χ3v) is 4.65. The Morgan fingerprint density at radius 2 is 2.14 bits per heavy atom. The minimum Gasteiger partial charge on any atom is -0.397 e. The lowest BCUT2D eigenvalue weighted by Gasteiger charge is -2.35. The third-order valence-electron chi connectivity index (χ3n) is 4.31. The Bertz CT molecular complexity index is 506. The Labute approximate surface area is 131 Å². The van der Waals surface area contributed by atoms with Crippen LogP contribution < -0.4 is 11.1 Å². The number of halogens is 1.